The normalized spacial score (nSPS) is 10.2. The van der Waals surface area contributed by atoms with Crippen LogP contribution in [0.2, 0.25) is 0 Å². The van der Waals surface area contributed by atoms with E-state index in [9.17, 15) is 10.1 Å². The van der Waals surface area contributed by atoms with E-state index in [1.54, 1.807) is 6.07 Å². The Kier molecular flexibility index (Phi) is 3.66. The quantitative estimate of drug-likeness (QED) is 0.499. The van der Waals surface area contributed by atoms with Crippen LogP contribution in [0.4, 0.5) is 22.7 Å². The Labute approximate surface area is 111 Å². The highest BCUT2D eigenvalue weighted by molar-refractivity contribution is 5.74. The Balaban J connectivity index is 2.25. The van der Waals surface area contributed by atoms with Gasteiger partial charge in [0.1, 0.15) is 0 Å². The van der Waals surface area contributed by atoms with Crippen molar-refractivity contribution in [3.63, 3.8) is 0 Å². The molecule has 0 radical (unpaired) electrons. The molecular formula is C14H15N3O2. The van der Waals surface area contributed by atoms with E-state index >= 15 is 0 Å². The number of rotatable bonds is 4. The Morgan fingerprint density at radius 1 is 1.26 bits per heavy atom. The molecule has 5 heteroatoms. The summed E-state index contributed by atoms with van der Waals surface area (Å²) in [6.07, 6.45) is 0.950. The molecule has 0 saturated heterocycles. The predicted octanol–water partition coefficient (Wildman–Crippen LogP) is 3.48. The Morgan fingerprint density at radius 3 is 2.68 bits per heavy atom. The number of hydrogen-bond acceptors (Lipinski definition) is 4. The van der Waals surface area contributed by atoms with Crippen LogP contribution in [0.1, 0.15) is 12.5 Å². The molecule has 0 aliphatic rings. The standard InChI is InChI=1S/C14H15N3O2/c1-2-10-4-3-5-11(8-10)16-14-7-6-12(17(18)19)9-13(14)15/h3-9,16H,2,15H2,1H3. The molecule has 0 amide bonds. The second-order valence-electron chi connectivity index (χ2n) is 4.21. The number of benzene rings is 2. The molecule has 0 unspecified atom stereocenters. The van der Waals surface area contributed by atoms with Crippen LogP contribution < -0.4 is 11.1 Å². The minimum Gasteiger partial charge on any atom is -0.397 e. The lowest BCUT2D eigenvalue weighted by Gasteiger charge is -2.10. The van der Waals surface area contributed by atoms with Gasteiger partial charge in [0.2, 0.25) is 0 Å². The topological polar surface area (TPSA) is 81.2 Å². The van der Waals surface area contributed by atoms with Crippen molar-refractivity contribution in [2.45, 2.75) is 13.3 Å². The van der Waals surface area contributed by atoms with E-state index in [4.69, 9.17) is 5.73 Å². The number of nitro benzene ring substituents is 1. The molecule has 0 aliphatic heterocycles. The number of non-ortho nitro benzene ring substituents is 1. The van der Waals surface area contributed by atoms with E-state index in [1.807, 2.05) is 24.3 Å². The van der Waals surface area contributed by atoms with E-state index in [0.717, 1.165) is 12.1 Å². The lowest BCUT2D eigenvalue weighted by molar-refractivity contribution is -0.384. The van der Waals surface area contributed by atoms with Gasteiger partial charge in [0.05, 0.1) is 16.3 Å². The van der Waals surface area contributed by atoms with Gasteiger partial charge in [-0.1, -0.05) is 19.1 Å². The van der Waals surface area contributed by atoms with Crippen LogP contribution in [0.5, 0.6) is 0 Å². The Hall–Kier alpha value is -2.56. The number of nitrogens with zero attached hydrogens (tertiary/aromatic N) is 1. The molecule has 0 bridgehead atoms. The number of aryl methyl sites for hydroxylation is 1. The summed E-state index contributed by atoms with van der Waals surface area (Å²) < 4.78 is 0. The summed E-state index contributed by atoms with van der Waals surface area (Å²) in [4.78, 5) is 10.2. The van der Waals surface area contributed by atoms with E-state index in [-0.39, 0.29) is 5.69 Å². The summed E-state index contributed by atoms with van der Waals surface area (Å²) in [6.45, 7) is 2.08. The molecule has 5 nitrogen and oxygen atoms in total. The first-order chi connectivity index (χ1) is 9.10. The Morgan fingerprint density at radius 2 is 2.05 bits per heavy atom. The number of nitro groups is 1. The summed E-state index contributed by atoms with van der Waals surface area (Å²) in [5.74, 6) is 0. The van der Waals surface area contributed by atoms with Crippen molar-refractivity contribution in [1.29, 1.82) is 0 Å². The van der Waals surface area contributed by atoms with Gasteiger partial charge in [0.15, 0.2) is 0 Å². The van der Waals surface area contributed by atoms with Gasteiger partial charge in [-0.25, -0.2) is 0 Å². The highest BCUT2D eigenvalue weighted by atomic mass is 16.6. The number of nitrogen functional groups attached to an aromatic ring is 1. The van der Waals surface area contributed by atoms with Crippen LogP contribution in [0.15, 0.2) is 42.5 Å². The molecule has 0 fully saturated rings. The van der Waals surface area contributed by atoms with Gasteiger partial charge < -0.3 is 11.1 Å². The zero-order valence-electron chi connectivity index (χ0n) is 10.6. The van der Waals surface area contributed by atoms with Crippen molar-refractivity contribution in [3.8, 4) is 0 Å². The van der Waals surface area contributed by atoms with Gasteiger partial charge >= 0.3 is 0 Å². The molecular weight excluding hydrogens is 242 g/mol. The molecule has 2 aromatic carbocycles. The molecule has 0 heterocycles. The first kappa shape index (κ1) is 12.9. The van der Waals surface area contributed by atoms with E-state index in [1.165, 1.54) is 17.7 Å². The van der Waals surface area contributed by atoms with E-state index in [2.05, 4.69) is 12.2 Å². The van der Waals surface area contributed by atoms with Gasteiger partial charge in [0.25, 0.3) is 5.69 Å². The minimum atomic E-state index is -0.460. The zero-order chi connectivity index (χ0) is 13.8. The van der Waals surface area contributed by atoms with Crippen molar-refractivity contribution in [2.75, 3.05) is 11.1 Å². The van der Waals surface area contributed by atoms with Crippen molar-refractivity contribution in [1.82, 2.24) is 0 Å². The molecule has 0 atom stereocenters. The molecule has 0 aromatic heterocycles. The fourth-order valence-corrected chi connectivity index (χ4v) is 1.80. The van der Waals surface area contributed by atoms with Crippen LogP contribution in [0.3, 0.4) is 0 Å². The van der Waals surface area contributed by atoms with Gasteiger partial charge in [-0.15, -0.1) is 0 Å². The second-order valence-corrected chi connectivity index (χ2v) is 4.21. The van der Waals surface area contributed by atoms with Crippen LogP contribution >= 0.6 is 0 Å². The third-order valence-electron chi connectivity index (χ3n) is 2.86. The fraction of sp³-hybridized carbons (Fsp3) is 0.143. The first-order valence-corrected chi connectivity index (χ1v) is 6.00. The number of anilines is 3. The van der Waals surface area contributed by atoms with Crippen molar-refractivity contribution >= 4 is 22.7 Å². The third kappa shape index (κ3) is 3.01. The maximum Gasteiger partial charge on any atom is 0.271 e. The molecule has 3 N–H and O–H groups in total. The van der Waals surface area contributed by atoms with Crippen LogP contribution in [0.25, 0.3) is 0 Å². The highest BCUT2D eigenvalue weighted by Crippen LogP contribution is 2.27. The average molecular weight is 257 g/mol. The largest absolute Gasteiger partial charge is 0.397 e. The smallest absolute Gasteiger partial charge is 0.271 e. The first-order valence-electron chi connectivity index (χ1n) is 6.00. The predicted molar refractivity (Wildman–Crippen MR) is 76.6 cm³/mol. The SMILES string of the molecule is CCc1cccc(Nc2ccc([N+](=O)[O-])cc2N)c1. The van der Waals surface area contributed by atoms with Crippen molar-refractivity contribution in [3.05, 3.63) is 58.1 Å². The maximum absolute atomic E-state index is 10.6. The Bertz CT molecular complexity index is 611. The summed E-state index contributed by atoms with van der Waals surface area (Å²) >= 11 is 0. The average Bonchev–Trinajstić information content (AvgIpc) is 2.41. The minimum absolute atomic E-state index is 0.00893. The molecule has 98 valence electrons. The number of nitrogens with one attached hydrogen (secondary N) is 1. The highest BCUT2D eigenvalue weighted by Gasteiger charge is 2.08. The van der Waals surface area contributed by atoms with Crippen LogP contribution in [-0.2, 0) is 6.42 Å². The lowest BCUT2D eigenvalue weighted by atomic mass is 10.1. The second kappa shape index (κ2) is 5.39. The van der Waals surface area contributed by atoms with Crippen molar-refractivity contribution in [2.24, 2.45) is 0 Å². The zero-order valence-corrected chi connectivity index (χ0v) is 10.6. The van der Waals surface area contributed by atoms with Crippen molar-refractivity contribution < 1.29 is 4.92 Å². The monoisotopic (exact) mass is 257 g/mol. The molecule has 0 aliphatic carbocycles. The summed E-state index contributed by atoms with van der Waals surface area (Å²) in [7, 11) is 0. The van der Waals surface area contributed by atoms with Crippen LogP contribution in [-0.4, -0.2) is 4.92 Å². The fourth-order valence-electron chi connectivity index (χ4n) is 1.80. The van der Waals surface area contributed by atoms with E-state index < -0.39 is 4.92 Å². The third-order valence-corrected chi connectivity index (χ3v) is 2.86. The van der Waals surface area contributed by atoms with Gasteiger partial charge in [0, 0.05) is 17.8 Å². The molecule has 2 aromatic rings. The summed E-state index contributed by atoms with van der Waals surface area (Å²) in [5.41, 5.74) is 8.95. The molecule has 2 rings (SSSR count). The molecule has 0 spiro atoms. The van der Waals surface area contributed by atoms with Gasteiger partial charge in [-0.05, 0) is 30.2 Å². The van der Waals surface area contributed by atoms with Gasteiger partial charge in [-0.2, -0.15) is 0 Å². The molecule has 0 saturated carbocycles. The maximum atomic E-state index is 10.6. The molecule has 19 heavy (non-hydrogen) atoms. The summed E-state index contributed by atoms with van der Waals surface area (Å²) in [6, 6.07) is 12.4. The van der Waals surface area contributed by atoms with Crippen LogP contribution in [0, 0.1) is 10.1 Å². The van der Waals surface area contributed by atoms with Gasteiger partial charge in [-0.3, -0.25) is 10.1 Å². The summed E-state index contributed by atoms with van der Waals surface area (Å²) in [5, 5.41) is 13.8. The van der Waals surface area contributed by atoms with E-state index in [0.29, 0.717) is 11.4 Å². The lowest BCUT2D eigenvalue weighted by Crippen LogP contribution is -1.98. The number of nitrogens with two attached hydrogens (primary N) is 1. The number of hydrogen-bond donors (Lipinski definition) is 2.